The number of rotatable bonds is 7. The molecule has 17 heavy (non-hydrogen) atoms. The van der Waals surface area contributed by atoms with E-state index in [4.69, 9.17) is 5.11 Å². The molecule has 0 aromatic carbocycles. The zero-order valence-electron chi connectivity index (χ0n) is 9.58. The Hall–Kier alpha value is -1.98. The maximum Gasteiger partial charge on any atom is 0.316 e. The Morgan fingerprint density at radius 2 is 1.94 bits per heavy atom. The fourth-order valence-electron chi connectivity index (χ4n) is 1.46. The van der Waals surface area contributed by atoms with Crippen LogP contribution < -0.4 is 0 Å². The predicted molar refractivity (Wildman–Crippen MR) is 57.1 cm³/mol. The standard InChI is InChI=1S/C11H14O6/c1-3-7(5-12)8(4-10(14)15)9(6-13)11(16)17-2/h3,5-6,8-9H,4H2,1-2H3,(H,14,15)/t8-,9+/m0/s1. The molecule has 94 valence electrons. The van der Waals surface area contributed by atoms with Crippen molar-refractivity contribution in [3.8, 4) is 0 Å². The molecule has 0 rings (SSSR count). The van der Waals surface area contributed by atoms with Crippen LogP contribution in [-0.4, -0.2) is 36.7 Å². The second-order valence-corrected chi connectivity index (χ2v) is 3.30. The van der Waals surface area contributed by atoms with Gasteiger partial charge in [-0.1, -0.05) is 6.08 Å². The van der Waals surface area contributed by atoms with Gasteiger partial charge in [-0.25, -0.2) is 0 Å². The number of ether oxygens (including phenoxy) is 1. The van der Waals surface area contributed by atoms with Gasteiger partial charge in [-0.3, -0.25) is 14.4 Å². The van der Waals surface area contributed by atoms with Gasteiger partial charge in [0.15, 0.2) is 0 Å². The maximum atomic E-state index is 11.3. The van der Waals surface area contributed by atoms with Crippen LogP contribution in [0.2, 0.25) is 0 Å². The highest BCUT2D eigenvalue weighted by Gasteiger charge is 2.33. The molecule has 0 radical (unpaired) electrons. The number of carboxylic acids is 1. The smallest absolute Gasteiger partial charge is 0.316 e. The van der Waals surface area contributed by atoms with Crippen molar-refractivity contribution in [1.82, 2.24) is 0 Å². The van der Waals surface area contributed by atoms with Crippen LogP contribution in [0.5, 0.6) is 0 Å². The van der Waals surface area contributed by atoms with Gasteiger partial charge in [0.2, 0.25) is 0 Å². The van der Waals surface area contributed by atoms with E-state index >= 15 is 0 Å². The lowest BCUT2D eigenvalue weighted by molar-refractivity contribution is -0.149. The summed E-state index contributed by atoms with van der Waals surface area (Å²) in [5.41, 5.74) is 0.0925. The first-order valence-electron chi connectivity index (χ1n) is 4.88. The molecule has 0 aromatic rings. The Labute approximate surface area is 98.3 Å². The van der Waals surface area contributed by atoms with Crippen LogP contribution in [0.4, 0.5) is 0 Å². The van der Waals surface area contributed by atoms with E-state index in [2.05, 4.69) is 4.74 Å². The summed E-state index contributed by atoms with van der Waals surface area (Å²) in [6, 6.07) is 0. The number of carbonyl (C=O) groups excluding carboxylic acids is 3. The third-order valence-electron chi connectivity index (χ3n) is 2.35. The monoisotopic (exact) mass is 242 g/mol. The Kier molecular flexibility index (Phi) is 6.47. The van der Waals surface area contributed by atoms with Gasteiger partial charge in [-0.15, -0.1) is 0 Å². The molecule has 0 saturated heterocycles. The molecule has 0 aliphatic rings. The fourth-order valence-corrected chi connectivity index (χ4v) is 1.46. The van der Waals surface area contributed by atoms with Crippen LogP contribution in [0.25, 0.3) is 0 Å². The molecule has 0 spiro atoms. The van der Waals surface area contributed by atoms with Gasteiger partial charge in [0.05, 0.1) is 13.5 Å². The highest BCUT2D eigenvalue weighted by atomic mass is 16.5. The number of carbonyl (C=O) groups is 4. The number of hydrogen-bond acceptors (Lipinski definition) is 5. The minimum absolute atomic E-state index is 0.0925. The number of carboxylic acid groups (broad SMARTS) is 1. The number of esters is 1. The normalized spacial score (nSPS) is 14.6. The average molecular weight is 242 g/mol. The molecular formula is C11H14O6. The molecule has 0 heterocycles. The van der Waals surface area contributed by atoms with E-state index in [1.54, 1.807) is 0 Å². The molecule has 6 heteroatoms. The molecule has 1 N–H and O–H groups in total. The van der Waals surface area contributed by atoms with Crippen LogP contribution in [0.15, 0.2) is 11.6 Å². The zero-order chi connectivity index (χ0) is 13.4. The molecule has 0 fully saturated rings. The van der Waals surface area contributed by atoms with E-state index in [9.17, 15) is 19.2 Å². The number of aliphatic carboxylic acids is 1. The Morgan fingerprint density at radius 3 is 2.24 bits per heavy atom. The first-order chi connectivity index (χ1) is 8.01. The van der Waals surface area contributed by atoms with Crippen LogP contribution in [0.3, 0.4) is 0 Å². The number of methoxy groups -OCH3 is 1. The minimum atomic E-state index is -1.28. The van der Waals surface area contributed by atoms with E-state index in [0.29, 0.717) is 12.6 Å². The van der Waals surface area contributed by atoms with Crippen molar-refractivity contribution < 1.29 is 29.0 Å². The summed E-state index contributed by atoms with van der Waals surface area (Å²) < 4.78 is 4.40. The van der Waals surface area contributed by atoms with Gasteiger partial charge in [0, 0.05) is 5.92 Å². The molecule has 0 aromatic heterocycles. The number of hydrogen-bond donors (Lipinski definition) is 1. The van der Waals surface area contributed by atoms with Gasteiger partial charge >= 0.3 is 11.9 Å². The van der Waals surface area contributed by atoms with Gasteiger partial charge in [0.25, 0.3) is 0 Å². The fraction of sp³-hybridized carbons (Fsp3) is 0.455. The molecular weight excluding hydrogens is 228 g/mol. The maximum absolute atomic E-state index is 11.3. The second-order valence-electron chi connectivity index (χ2n) is 3.30. The van der Waals surface area contributed by atoms with Crippen molar-refractivity contribution in [2.75, 3.05) is 7.11 Å². The van der Waals surface area contributed by atoms with Crippen LogP contribution in [-0.2, 0) is 23.9 Å². The van der Waals surface area contributed by atoms with E-state index in [1.165, 1.54) is 13.0 Å². The van der Waals surface area contributed by atoms with Crippen molar-refractivity contribution in [3.05, 3.63) is 11.6 Å². The SMILES string of the molecule is CC=C(C=O)[C@H](CC(=O)O)[C@@H](C=O)C(=O)OC. The summed E-state index contributed by atoms with van der Waals surface area (Å²) >= 11 is 0. The summed E-state index contributed by atoms with van der Waals surface area (Å²) in [6.07, 6.45) is 1.62. The third kappa shape index (κ3) is 4.18. The topological polar surface area (TPSA) is 97.7 Å². The molecule has 0 bridgehead atoms. The number of allylic oxidation sites excluding steroid dienone is 2. The molecule has 0 aliphatic heterocycles. The summed E-state index contributed by atoms with van der Waals surface area (Å²) in [6.45, 7) is 1.53. The lowest BCUT2D eigenvalue weighted by Crippen LogP contribution is -2.30. The van der Waals surface area contributed by atoms with Crippen molar-refractivity contribution in [3.63, 3.8) is 0 Å². The lowest BCUT2D eigenvalue weighted by Gasteiger charge is -2.19. The predicted octanol–water partition coefficient (Wildman–Crippen LogP) is 0.211. The van der Waals surface area contributed by atoms with Crippen molar-refractivity contribution in [2.24, 2.45) is 11.8 Å². The Morgan fingerprint density at radius 1 is 1.35 bits per heavy atom. The highest BCUT2D eigenvalue weighted by Crippen LogP contribution is 2.23. The van der Waals surface area contributed by atoms with Gasteiger partial charge in [-0.05, 0) is 12.5 Å². The van der Waals surface area contributed by atoms with Crippen LogP contribution in [0, 0.1) is 11.8 Å². The van der Waals surface area contributed by atoms with Gasteiger partial charge in [0.1, 0.15) is 18.5 Å². The molecule has 0 amide bonds. The largest absolute Gasteiger partial charge is 0.481 e. The number of aldehydes is 2. The summed E-state index contributed by atoms with van der Waals surface area (Å²) in [7, 11) is 1.09. The molecule has 6 nitrogen and oxygen atoms in total. The Bertz CT molecular complexity index is 344. The average Bonchev–Trinajstić information content (AvgIpc) is 2.30. The van der Waals surface area contributed by atoms with Gasteiger partial charge in [-0.2, -0.15) is 0 Å². The molecule has 2 atom stereocenters. The van der Waals surface area contributed by atoms with Crippen LogP contribution >= 0.6 is 0 Å². The zero-order valence-corrected chi connectivity index (χ0v) is 9.58. The minimum Gasteiger partial charge on any atom is -0.481 e. The third-order valence-corrected chi connectivity index (χ3v) is 2.35. The quantitative estimate of drug-likeness (QED) is 0.296. The summed E-state index contributed by atoms with van der Waals surface area (Å²) in [4.78, 5) is 43.6. The first-order valence-corrected chi connectivity index (χ1v) is 4.88. The van der Waals surface area contributed by atoms with E-state index in [0.717, 1.165) is 7.11 Å². The highest BCUT2D eigenvalue weighted by molar-refractivity contribution is 5.91. The van der Waals surface area contributed by atoms with Gasteiger partial charge < -0.3 is 14.6 Å². The van der Waals surface area contributed by atoms with Crippen molar-refractivity contribution >= 4 is 24.5 Å². The van der Waals surface area contributed by atoms with Crippen LogP contribution in [0.1, 0.15) is 13.3 Å². The molecule has 0 saturated carbocycles. The van der Waals surface area contributed by atoms with E-state index in [1.807, 2.05) is 0 Å². The Balaban J connectivity index is 5.26. The second kappa shape index (κ2) is 7.32. The molecule has 0 unspecified atom stereocenters. The van der Waals surface area contributed by atoms with Crippen molar-refractivity contribution in [2.45, 2.75) is 13.3 Å². The first kappa shape index (κ1) is 15.0. The molecule has 0 aliphatic carbocycles. The summed E-state index contributed by atoms with van der Waals surface area (Å²) in [5, 5.41) is 8.71. The lowest BCUT2D eigenvalue weighted by atomic mass is 9.84. The van der Waals surface area contributed by atoms with E-state index in [-0.39, 0.29) is 5.57 Å². The summed E-state index contributed by atoms with van der Waals surface area (Å²) in [5.74, 6) is -4.34. The van der Waals surface area contributed by atoms with E-state index < -0.39 is 30.2 Å². The van der Waals surface area contributed by atoms with Crippen molar-refractivity contribution in [1.29, 1.82) is 0 Å².